The number of benzene rings is 3. The summed E-state index contributed by atoms with van der Waals surface area (Å²) >= 11 is 0. The molecule has 0 radical (unpaired) electrons. The molecule has 6 rings (SSSR count). The molecule has 1 amide bonds. The van der Waals surface area contributed by atoms with Gasteiger partial charge in [0.05, 0.1) is 19.7 Å². The second-order valence-electron chi connectivity index (χ2n) is 10.9. The smallest absolute Gasteiger partial charge is 0.223 e. The van der Waals surface area contributed by atoms with E-state index in [-0.39, 0.29) is 17.9 Å². The quantitative estimate of drug-likeness (QED) is 0.224. The average molecular weight is 564 g/mol. The highest BCUT2D eigenvalue weighted by molar-refractivity contribution is 5.83. The number of rotatable bonds is 11. The first-order valence-electron chi connectivity index (χ1n) is 14.7. The number of fused-ring (bicyclic) bond motifs is 1. The Bertz CT molecular complexity index is 1600. The topological polar surface area (TPSA) is 94.1 Å². The van der Waals surface area contributed by atoms with Crippen LogP contribution in [0.1, 0.15) is 47.2 Å². The molecule has 5 aromatic rings. The predicted molar refractivity (Wildman–Crippen MR) is 162 cm³/mol. The zero-order chi connectivity index (χ0) is 28.7. The number of hydrogen-bond donors (Lipinski definition) is 2. The highest BCUT2D eigenvalue weighted by atomic mass is 16.5. The number of carbonyl (C=O) groups is 1. The number of amides is 1. The third-order valence-corrected chi connectivity index (χ3v) is 8.16. The van der Waals surface area contributed by atoms with E-state index in [2.05, 4.69) is 63.4 Å². The fraction of sp³-hybridized carbons (Fsp3) is 0.324. The van der Waals surface area contributed by atoms with Gasteiger partial charge in [-0.15, -0.1) is 10.2 Å². The fourth-order valence-corrected chi connectivity index (χ4v) is 5.76. The first-order valence-corrected chi connectivity index (χ1v) is 14.7. The number of carbonyl (C=O) groups excluding carboxylic acids is 1. The van der Waals surface area contributed by atoms with Crippen LogP contribution in [0.25, 0.3) is 10.9 Å². The zero-order valence-electron chi connectivity index (χ0n) is 24.0. The van der Waals surface area contributed by atoms with Gasteiger partial charge in [-0.25, -0.2) is 0 Å². The number of aryl methyl sites for hydroxylation is 2. The lowest BCUT2D eigenvalue weighted by atomic mass is 9.97. The molecular formula is C34H37N5O3. The van der Waals surface area contributed by atoms with Gasteiger partial charge in [-0.3, -0.25) is 4.79 Å². The van der Waals surface area contributed by atoms with Crippen LogP contribution in [0.4, 0.5) is 0 Å². The molecular weight excluding hydrogens is 526 g/mol. The Balaban J connectivity index is 1.36. The number of ether oxygens (including phenoxy) is 2. The molecule has 0 bridgehead atoms. The molecule has 3 heterocycles. The number of nitrogens with one attached hydrogen (secondary N) is 2. The first-order chi connectivity index (χ1) is 20.7. The van der Waals surface area contributed by atoms with E-state index in [1.807, 2.05) is 36.5 Å². The minimum atomic E-state index is -0.351. The highest BCUT2D eigenvalue weighted by Crippen LogP contribution is 2.27. The second kappa shape index (κ2) is 13.0. The van der Waals surface area contributed by atoms with Gasteiger partial charge in [-0.1, -0.05) is 60.7 Å². The van der Waals surface area contributed by atoms with Gasteiger partial charge in [-0.05, 0) is 54.2 Å². The number of hydrogen-bond acceptors (Lipinski definition) is 5. The third kappa shape index (κ3) is 6.39. The van der Waals surface area contributed by atoms with E-state index in [0.717, 1.165) is 65.1 Å². The number of methoxy groups -OCH3 is 1. The van der Waals surface area contributed by atoms with Crippen molar-refractivity contribution in [2.45, 2.75) is 44.7 Å². The number of aromatic nitrogens is 4. The molecule has 1 atom stereocenters. The Morgan fingerprint density at radius 1 is 0.976 bits per heavy atom. The summed E-state index contributed by atoms with van der Waals surface area (Å²) in [5, 5.41) is 14.0. The van der Waals surface area contributed by atoms with Crippen molar-refractivity contribution in [3.63, 3.8) is 0 Å². The summed E-state index contributed by atoms with van der Waals surface area (Å²) in [4.78, 5) is 17.0. The van der Waals surface area contributed by atoms with Crippen molar-refractivity contribution < 1.29 is 14.3 Å². The van der Waals surface area contributed by atoms with Gasteiger partial charge >= 0.3 is 0 Å². The van der Waals surface area contributed by atoms with E-state index >= 15 is 0 Å². The Kier molecular flexibility index (Phi) is 8.61. The third-order valence-electron chi connectivity index (χ3n) is 8.16. The van der Waals surface area contributed by atoms with Crippen molar-refractivity contribution in [3.8, 4) is 5.75 Å². The largest absolute Gasteiger partial charge is 0.497 e. The molecule has 0 aliphatic carbocycles. The minimum absolute atomic E-state index is 0.0491. The zero-order valence-corrected chi connectivity index (χ0v) is 24.0. The standard InChI is InChI=1S/C34H37N5O3/c1-41-28-14-11-25(12-15-28)23-39-32(16-13-24-7-3-2-4-8-24)37-38-33(39)31(36-34(40)26-17-19-42-20-18-26)21-27-22-35-30-10-6-5-9-29(27)30/h2-12,14-15,22,26,31,35H,13,16-21,23H2,1H3,(H,36,40). The van der Waals surface area contributed by atoms with Crippen LogP contribution in [0.5, 0.6) is 5.75 Å². The van der Waals surface area contributed by atoms with Crippen LogP contribution >= 0.6 is 0 Å². The number of H-pyrrole nitrogens is 1. The molecule has 1 fully saturated rings. The number of aromatic amines is 1. The highest BCUT2D eigenvalue weighted by Gasteiger charge is 2.29. The first kappa shape index (κ1) is 27.7. The van der Waals surface area contributed by atoms with Gasteiger partial charge in [0.1, 0.15) is 11.6 Å². The summed E-state index contributed by atoms with van der Waals surface area (Å²) in [5.74, 6) is 2.45. The maximum Gasteiger partial charge on any atom is 0.223 e. The van der Waals surface area contributed by atoms with E-state index in [4.69, 9.17) is 19.7 Å². The Morgan fingerprint density at radius 3 is 2.52 bits per heavy atom. The van der Waals surface area contributed by atoms with Gasteiger partial charge in [0.2, 0.25) is 5.91 Å². The average Bonchev–Trinajstić information content (AvgIpc) is 3.64. The van der Waals surface area contributed by atoms with E-state index in [1.165, 1.54) is 5.56 Å². The molecule has 2 N–H and O–H groups in total. The molecule has 8 nitrogen and oxygen atoms in total. The fourth-order valence-electron chi connectivity index (χ4n) is 5.76. The number of para-hydroxylation sites is 1. The van der Waals surface area contributed by atoms with Crippen molar-refractivity contribution in [1.29, 1.82) is 0 Å². The molecule has 1 aliphatic heterocycles. The molecule has 216 valence electrons. The van der Waals surface area contributed by atoms with Gasteiger partial charge in [0, 0.05) is 49.1 Å². The lowest BCUT2D eigenvalue weighted by Gasteiger charge is -2.25. The van der Waals surface area contributed by atoms with Crippen LogP contribution in [0, 0.1) is 5.92 Å². The molecule has 42 heavy (non-hydrogen) atoms. The lowest BCUT2D eigenvalue weighted by Crippen LogP contribution is -2.38. The Hall–Kier alpha value is -4.43. The predicted octanol–water partition coefficient (Wildman–Crippen LogP) is 5.43. The van der Waals surface area contributed by atoms with Gasteiger partial charge in [0.25, 0.3) is 0 Å². The van der Waals surface area contributed by atoms with Crippen molar-refractivity contribution in [3.05, 3.63) is 113 Å². The van der Waals surface area contributed by atoms with Crippen LogP contribution < -0.4 is 10.1 Å². The maximum absolute atomic E-state index is 13.6. The molecule has 1 unspecified atom stereocenters. The van der Waals surface area contributed by atoms with Crippen molar-refractivity contribution in [1.82, 2.24) is 25.1 Å². The normalized spacial score (nSPS) is 14.6. The van der Waals surface area contributed by atoms with Crippen LogP contribution in [0.2, 0.25) is 0 Å². The van der Waals surface area contributed by atoms with Crippen LogP contribution in [-0.2, 0) is 35.3 Å². The summed E-state index contributed by atoms with van der Waals surface area (Å²) in [5.41, 5.74) is 4.57. The monoisotopic (exact) mass is 563 g/mol. The summed E-state index contributed by atoms with van der Waals surface area (Å²) in [7, 11) is 1.67. The van der Waals surface area contributed by atoms with Gasteiger partial charge in [0.15, 0.2) is 5.82 Å². The Morgan fingerprint density at radius 2 is 1.74 bits per heavy atom. The van der Waals surface area contributed by atoms with Crippen molar-refractivity contribution >= 4 is 16.8 Å². The molecule has 0 saturated carbocycles. The summed E-state index contributed by atoms with van der Waals surface area (Å²) in [6.45, 7) is 1.82. The Labute approximate surface area is 246 Å². The van der Waals surface area contributed by atoms with Crippen molar-refractivity contribution in [2.24, 2.45) is 5.92 Å². The number of nitrogens with zero attached hydrogens (tertiary/aromatic N) is 3. The molecule has 3 aromatic carbocycles. The van der Waals surface area contributed by atoms with Crippen LogP contribution in [-0.4, -0.2) is 46.0 Å². The van der Waals surface area contributed by atoms with E-state index < -0.39 is 0 Å². The molecule has 1 saturated heterocycles. The van der Waals surface area contributed by atoms with Crippen LogP contribution in [0.15, 0.2) is 85.1 Å². The van der Waals surface area contributed by atoms with E-state index in [1.54, 1.807) is 7.11 Å². The van der Waals surface area contributed by atoms with E-state index in [9.17, 15) is 4.79 Å². The lowest BCUT2D eigenvalue weighted by molar-refractivity contribution is -0.128. The molecule has 1 aliphatic rings. The van der Waals surface area contributed by atoms with Crippen molar-refractivity contribution in [2.75, 3.05) is 20.3 Å². The summed E-state index contributed by atoms with van der Waals surface area (Å²) in [6.07, 6.45) is 5.68. The summed E-state index contributed by atoms with van der Waals surface area (Å²) < 4.78 is 13.1. The van der Waals surface area contributed by atoms with Gasteiger partial charge < -0.3 is 24.3 Å². The van der Waals surface area contributed by atoms with Gasteiger partial charge in [-0.2, -0.15) is 0 Å². The van der Waals surface area contributed by atoms with E-state index in [0.29, 0.717) is 26.2 Å². The minimum Gasteiger partial charge on any atom is -0.497 e. The summed E-state index contributed by atoms with van der Waals surface area (Å²) in [6, 6.07) is 26.4. The molecule has 8 heteroatoms. The van der Waals surface area contributed by atoms with Crippen LogP contribution in [0.3, 0.4) is 0 Å². The molecule has 0 spiro atoms. The molecule has 2 aromatic heterocycles. The second-order valence-corrected chi connectivity index (χ2v) is 10.9. The SMILES string of the molecule is COc1ccc(Cn2c(CCc3ccccc3)nnc2C(Cc2c[nH]c3ccccc23)NC(=O)C2CCOCC2)cc1. The maximum atomic E-state index is 13.6.